The second-order valence-electron chi connectivity index (χ2n) is 7.29. The van der Waals surface area contributed by atoms with E-state index < -0.39 is 5.97 Å². The van der Waals surface area contributed by atoms with Crippen LogP contribution in [0.25, 0.3) is 17.0 Å². The summed E-state index contributed by atoms with van der Waals surface area (Å²) < 4.78 is 12.8. The quantitative estimate of drug-likeness (QED) is 0.420. The Morgan fingerprint density at radius 3 is 2.55 bits per heavy atom. The number of aryl methyl sites for hydroxylation is 1. The number of benzene rings is 2. The number of thioether (sulfide) groups is 1. The monoisotopic (exact) mass is 462 g/mol. The highest BCUT2D eigenvalue weighted by Crippen LogP contribution is 2.41. The van der Waals surface area contributed by atoms with Crippen LogP contribution in [0.15, 0.2) is 76.0 Å². The van der Waals surface area contributed by atoms with Crippen molar-refractivity contribution in [2.75, 3.05) is 13.2 Å². The summed E-state index contributed by atoms with van der Waals surface area (Å²) in [6.07, 6.45) is 3.95. The van der Waals surface area contributed by atoms with Gasteiger partial charge in [0.1, 0.15) is 22.1 Å². The van der Waals surface area contributed by atoms with Gasteiger partial charge in [0.25, 0.3) is 0 Å². The average Bonchev–Trinajstić information content (AvgIpc) is 3.33. The van der Waals surface area contributed by atoms with Gasteiger partial charge in [0, 0.05) is 29.2 Å². The van der Waals surface area contributed by atoms with Crippen molar-refractivity contribution in [3.05, 3.63) is 76.5 Å². The molecule has 2 heterocycles. The second-order valence-corrected chi connectivity index (χ2v) is 8.32. The molecule has 0 atom stereocenters. The van der Waals surface area contributed by atoms with E-state index in [4.69, 9.17) is 9.47 Å². The third kappa shape index (κ3) is 4.68. The number of rotatable bonds is 7. The molecule has 0 amide bonds. The van der Waals surface area contributed by atoms with Gasteiger partial charge in [-0.25, -0.2) is 9.79 Å². The maximum absolute atomic E-state index is 12.7. The number of aliphatic hydroxyl groups is 1. The smallest absolute Gasteiger partial charge is 0.344 e. The Morgan fingerprint density at radius 1 is 1.09 bits per heavy atom. The summed E-state index contributed by atoms with van der Waals surface area (Å²) >= 11 is 1.26. The molecule has 1 aliphatic heterocycles. The molecule has 2 aromatic carbocycles. The molecule has 1 N–H and O–H groups in total. The Morgan fingerprint density at radius 2 is 1.85 bits per heavy atom. The molecule has 4 rings (SSSR count). The molecular weight excluding hydrogens is 436 g/mol. The van der Waals surface area contributed by atoms with Gasteiger partial charge in [-0.05, 0) is 57.2 Å². The van der Waals surface area contributed by atoms with Crippen LogP contribution in [0.2, 0.25) is 0 Å². The minimum atomic E-state index is -0.591. The molecule has 0 aliphatic carbocycles. The van der Waals surface area contributed by atoms with Crippen LogP contribution in [0.1, 0.15) is 26.3 Å². The largest absolute Gasteiger partial charge is 0.506 e. The molecule has 0 radical (unpaired) electrons. The summed E-state index contributed by atoms with van der Waals surface area (Å²) in [5, 5.41) is 12.5. The molecule has 0 saturated heterocycles. The number of aliphatic imine (C=N–C) groups is 1. The Hall–Kier alpha value is -3.45. The average molecular weight is 463 g/mol. The third-order valence-electron chi connectivity index (χ3n) is 5.20. The highest BCUT2D eigenvalue weighted by molar-refractivity contribution is 8.18. The van der Waals surface area contributed by atoms with Crippen molar-refractivity contribution in [2.45, 2.75) is 27.3 Å². The van der Waals surface area contributed by atoms with Gasteiger partial charge in [0.2, 0.25) is 0 Å². The lowest BCUT2D eigenvalue weighted by Gasteiger charge is -2.05. The number of carbonyl (C=O) groups is 1. The predicted octanol–water partition coefficient (Wildman–Crippen LogP) is 6.25. The summed E-state index contributed by atoms with van der Waals surface area (Å²) in [7, 11) is 0. The minimum Gasteiger partial charge on any atom is -0.506 e. The number of aromatic nitrogens is 1. The van der Waals surface area contributed by atoms with Crippen LogP contribution in [-0.4, -0.2) is 33.9 Å². The van der Waals surface area contributed by atoms with Crippen LogP contribution < -0.4 is 4.74 Å². The molecule has 0 spiro atoms. The summed E-state index contributed by atoms with van der Waals surface area (Å²) in [6, 6.07) is 15.4. The normalized spacial score (nSPS) is 16.2. The first kappa shape index (κ1) is 22.7. The molecule has 0 saturated carbocycles. The highest BCUT2D eigenvalue weighted by Gasteiger charge is 2.33. The number of fused-ring (bicyclic) bond motifs is 1. The van der Waals surface area contributed by atoms with Gasteiger partial charge in [-0.2, -0.15) is 0 Å². The van der Waals surface area contributed by atoms with Crippen LogP contribution in [0.3, 0.4) is 0 Å². The standard InChI is InChI=1S/C26H26N2O4S/c1-4-28-16-17(20-9-7-8-10-21(20)28)15-22-24(29)23(26(30)32-6-3)25(33-22)27-18-11-13-19(14-12-18)31-5-2/h7-16,29H,4-6H2,1-3H3/b22-15-,27-25?. The van der Waals surface area contributed by atoms with E-state index in [9.17, 15) is 9.90 Å². The maximum atomic E-state index is 12.7. The molecule has 170 valence electrons. The number of carbonyl (C=O) groups excluding carboxylic acids is 1. The van der Waals surface area contributed by atoms with Crippen LogP contribution in [0.5, 0.6) is 5.75 Å². The zero-order chi connectivity index (χ0) is 23.4. The van der Waals surface area contributed by atoms with Crippen LogP contribution in [-0.2, 0) is 16.1 Å². The van der Waals surface area contributed by atoms with Gasteiger partial charge in [-0.1, -0.05) is 30.0 Å². The van der Waals surface area contributed by atoms with Crippen molar-refractivity contribution in [1.29, 1.82) is 0 Å². The Kier molecular flexibility index (Phi) is 6.89. The van der Waals surface area contributed by atoms with Gasteiger partial charge in [0.05, 0.1) is 23.8 Å². The number of para-hydroxylation sites is 1. The number of aliphatic hydroxyl groups excluding tert-OH is 1. The summed E-state index contributed by atoms with van der Waals surface area (Å²) in [6.45, 7) is 7.36. The fourth-order valence-electron chi connectivity index (χ4n) is 3.69. The first-order chi connectivity index (χ1) is 16.0. The van der Waals surface area contributed by atoms with Gasteiger partial charge in [-0.3, -0.25) is 0 Å². The molecule has 3 aromatic rings. The molecule has 33 heavy (non-hydrogen) atoms. The third-order valence-corrected chi connectivity index (χ3v) is 6.22. The van der Waals surface area contributed by atoms with E-state index in [1.165, 1.54) is 11.8 Å². The number of hydrogen-bond acceptors (Lipinski definition) is 6. The van der Waals surface area contributed by atoms with E-state index in [0.717, 1.165) is 28.8 Å². The van der Waals surface area contributed by atoms with E-state index in [0.29, 0.717) is 22.2 Å². The van der Waals surface area contributed by atoms with E-state index in [-0.39, 0.29) is 17.9 Å². The molecule has 0 bridgehead atoms. The topological polar surface area (TPSA) is 73.0 Å². The Labute approximate surface area is 197 Å². The SMILES string of the molecule is CCOC(=O)C1=C(O)/C(=C/c2cn(CC)c3ccccc23)SC1=Nc1ccc(OCC)cc1. The Bertz CT molecular complexity index is 1270. The maximum Gasteiger partial charge on any atom is 0.344 e. The molecule has 6 nitrogen and oxygen atoms in total. The van der Waals surface area contributed by atoms with Crippen molar-refractivity contribution < 1.29 is 19.4 Å². The zero-order valence-corrected chi connectivity index (χ0v) is 19.7. The van der Waals surface area contributed by atoms with Crippen molar-refractivity contribution in [1.82, 2.24) is 4.57 Å². The Balaban J connectivity index is 1.76. The van der Waals surface area contributed by atoms with Gasteiger partial charge in [0.15, 0.2) is 0 Å². The molecule has 1 aliphatic rings. The van der Waals surface area contributed by atoms with Crippen LogP contribution in [0, 0.1) is 0 Å². The zero-order valence-electron chi connectivity index (χ0n) is 18.9. The van der Waals surface area contributed by atoms with Crippen molar-refractivity contribution in [3.8, 4) is 5.75 Å². The van der Waals surface area contributed by atoms with Gasteiger partial charge < -0.3 is 19.1 Å². The number of hydrogen-bond donors (Lipinski definition) is 1. The van der Waals surface area contributed by atoms with Crippen molar-refractivity contribution in [2.24, 2.45) is 4.99 Å². The van der Waals surface area contributed by atoms with Crippen LogP contribution in [0.4, 0.5) is 5.69 Å². The molecule has 0 unspecified atom stereocenters. The summed E-state index contributed by atoms with van der Waals surface area (Å²) in [4.78, 5) is 17.9. The fraction of sp³-hybridized carbons (Fsp3) is 0.231. The van der Waals surface area contributed by atoms with E-state index in [1.54, 1.807) is 6.92 Å². The van der Waals surface area contributed by atoms with Gasteiger partial charge in [-0.15, -0.1) is 0 Å². The predicted molar refractivity (Wildman–Crippen MR) is 134 cm³/mol. The van der Waals surface area contributed by atoms with Crippen molar-refractivity contribution in [3.63, 3.8) is 0 Å². The first-order valence-electron chi connectivity index (χ1n) is 11.0. The van der Waals surface area contributed by atoms with Crippen LogP contribution >= 0.6 is 11.8 Å². The summed E-state index contributed by atoms with van der Waals surface area (Å²) in [5.41, 5.74) is 2.82. The second kappa shape index (κ2) is 10.0. The lowest BCUT2D eigenvalue weighted by atomic mass is 10.1. The number of ether oxygens (including phenoxy) is 2. The number of nitrogens with zero attached hydrogens (tertiary/aromatic N) is 2. The van der Waals surface area contributed by atoms with Gasteiger partial charge >= 0.3 is 5.97 Å². The number of esters is 1. The molecule has 1 aromatic heterocycles. The minimum absolute atomic E-state index is 0.0845. The van der Waals surface area contributed by atoms with E-state index in [2.05, 4.69) is 34.8 Å². The summed E-state index contributed by atoms with van der Waals surface area (Å²) in [5.74, 6) is 0.0421. The molecule has 7 heteroatoms. The lowest BCUT2D eigenvalue weighted by Crippen LogP contribution is -2.12. The fourth-order valence-corrected chi connectivity index (χ4v) is 4.71. The van der Waals surface area contributed by atoms with Crippen molar-refractivity contribution >= 4 is 45.4 Å². The lowest BCUT2D eigenvalue weighted by molar-refractivity contribution is -0.138. The van der Waals surface area contributed by atoms with E-state index >= 15 is 0 Å². The highest BCUT2D eigenvalue weighted by atomic mass is 32.2. The molecular formula is C26H26N2O4S. The van der Waals surface area contributed by atoms with E-state index in [1.807, 2.05) is 49.4 Å². The molecule has 0 fully saturated rings. The first-order valence-corrected chi connectivity index (χ1v) is 11.8.